The number of sulfonamides is 1. The van der Waals surface area contributed by atoms with Crippen LogP contribution in [-0.4, -0.2) is 35.3 Å². The van der Waals surface area contributed by atoms with Crippen LogP contribution in [0.4, 0.5) is 5.82 Å². The lowest BCUT2D eigenvalue weighted by Gasteiger charge is -2.08. The smallest absolute Gasteiger partial charge is 0.209 e. The monoisotopic (exact) mass is 269 g/mol. The van der Waals surface area contributed by atoms with Gasteiger partial charge < -0.3 is 5.32 Å². The van der Waals surface area contributed by atoms with Gasteiger partial charge in [0.1, 0.15) is 12.1 Å². The average Bonchev–Trinajstić information content (AvgIpc) is 2.70. The number of hydrogen-bond acceptors (Lipinski definition) is 5. The van der Waals surface area contributed by atoms with Gasteiger partial charge in [-0.15, -0.1) is 0 Å². The van der Waals surface area contributed by atoms with Crippen molar-refractivity contribution in [3.63, 3.8) is 0 Å². The van der Waals surface area contributed by atoms with Gasteiger partial charge in [0.2, 0.25) is 10.0 Å². The molecular weight excluding hydrogens is 254 g/mol. The van der Waals surface area contributed by atoms with E-state index in [2.05, 4.69) is 15.4 Å². The Labute approximate surface area is 105 Å². The first kappa shape index (κ1) is 12.8. The fraction of sp³-hybridized carbons (Fsp3) is 0.400. The predicted molar refractivity (Wildman–Crippen MR) is 68.8 cm³/mol. The van der Waals surface area contributed by atoms with E-state index in [1.807, 2.05) is 19.1 Å². The molecule has 2 heterocycles. The molecule has 2 rings (SSSR count). The molecule has 0 spiro atoms. The second kappa shape index (κ2) is 4.91. The van der Waals surface area contributed by atoms with E-state index in [1.165, 1.54) is 6.33 Å². The number of nitrogens with two attached hydrogens (primary N) is 1. The zero-order valence-corrected chi connectivity index (χ0v) is 10.8. The van der Waals surface area contributed by atoms with Crippen LogP contribution in [0.5, 0.6) is 0 Å². The van der Waals surface area contributed by atoms with E-state index in [4.69, 9.17) is 5.14 Å². The van der Waals surface area contributed by atoms with Crippen molar-refractivity contribution < 1.29 is 8.42 Å². The number of aryl methyl sites for hydroxylation is 1. The van der Waals surface area contributed by atoms with Gasteiger partial charge in [-0.1, -0.05) is 0 Å². The van der Waals surface area contributed by atoms with E-state index in [0.29, 0.717) is 13.0 Å². The quantitative estimate of drug-likeness (QED) is 0.751. The lowest BCUT2D eigenvalue weighted by Crippen LogP contribution is -2.19. The van der Waals surface area contributed by atoms with Crippen LogP contribution in [-0.2, 0) is 10.0 Å². The molecule has 3 N–H and O–H groups in total. The Morgan fingerprint density at radius 3 is 2.94 bits per heavy atom. The molecule has 0 bridgehead atoms. The molecule has 0 fully saturated rings. The Kier molecular flexibility index (Phi) is 3.48. The third kappa shape index (κ3) is 3.17. The highest BCUT2D eigenvalue weighted by Crippen LogP contribution is 2.12. The molecule has 0 radical (unpaired) electrons. The zero-order chi connectivity index (χ0) is 13.2. The average molecular weight is 269 g/mol. The summed E-state index contributed by atoms with van der Waals surface area (Å²) in [5, 5.41) is 12.1. The van der Waals surface area contributed by atoms with Crippen molar-refractivity contribution in [3.8, 4) is 0 Å². The third-order valence-corrected chi connectivity index (χ3v) is 3.29. The number of aromatic nitrogens is 3. The van der Waals surface area contributed by atoms with E-state index in [0.717, 1.165) is 17.0 Å². The summed E-state index contributed by atoms with van der Waals surface area (Å²) < 4.78 is 23.3. The topological polar surface area (TPSA) is 102 Å². The second-order valence-electron chi connectivity index (χ2n) is 4.10. The van der Waals surface area contributed by atoms with Gasteiger partial charge in [-0.2, -0.15) is 9.61 Å². The van der Waals surface area contributed by atoms with Gasteiger partial charge in [-0.05, 0) is 31.0 Å². The van der Waals surface area contributed by atoms with Crippen molar-refractivity contribution in [1.29, 1.82) is 0 Å². The van der Waals surface area contributed by atoms with Crippen molar-refractivity contribution in [2.75, 3.05) is 17.6 Å². The Morgan fingerprint density at radius 2 is 2.22 bits per heavy atom. The molecule has 0 unspecified atom stereocenters. The number of pyridine rings is 1. The Bertz CT molecular complexity index is 649. The van der Waals surface area contributed by atoms with Crippen molar-refractivity contribution in [2.45, 2.75) is 13.3 Å². The van der Waals surface area contributed by atoms with E-state index >= 15 is 0 Å². The minimum absolute atomic E-state index is 0.0354. The van der Waals surface area contributed by atoms with Crippen LogP contribution in [0.15, 0.2) is 18.5 Å². The number of anilines is 1. The molecule has 0 aliphatic heterocycles. The normalized spacial score (nSPS) is 11.9. The summed E-state index contributed by atoms with van der Waals surface area (Å²) in [6.45, 7) is 2.47. The van der Waals surface area contributed by atoms with Gasteiger partial charge in [-0.25, -0.2) is 18.5 Å². The molecule has 0 amide bonds. The first-order valence-electron chi connectivity index (χ1n) is 5.50. The van der Waals surface area contributed by atoms with Crippen LogP contribution >= 0.6 is 0 Å². The first-order valence-corrected chi connectivity index (χ1v) is 7.22. The highest BCUT2D eigenvalue weighted by Gasteiger charge is 2.05. The van der Waals surface area contributed by atoms with Gasteiger partial charge in [0.05, 0.1) is 5.75 Å². The standard InChI is InChI=1S/C10H15N5O2S/c1-8-5-9(12-3-2-4-18(11,16)17)15-10(6-8)13-7-14-15/h5-7,12H,2-4H2,1H3,(H2,11,16,17). The van der Waals surface area contributed by atoms with E-state index in [9.17, 15) is 8.42 Å². The molecule has 0 atom stereocenters. The number of primary sulfonamides is 1. The zero-order valence-electron chi connectivity index (χ0n) is 10.00. The summed E-state index contributed by atoms with van der Waals surface area (Å²) >= 11 is 0. The molecule has 0 aromatic carbocycles. The Hall–Kier alpha value is -1.67. The SMILES string of the molecule is Cc1cc(NCCCS(N)(=O)=O)n2ncnc2c1. The van der Waals surface area contributed by atoms with Crippen LogP contribution in [0.1, 0.15) is 12.0 Å². The van der Waals surface area contributed by atoms with Gasteiger partial charge in [0.25, 0.3) is 0 Å². The largest absolute Gasteiger partial charge is 0.370 e. The lowest BCUT2D eigenvalue weighted by molar-refractivity contribution is 0.595. The molecule has 0 saturated heterocycles. The van der Waals surface area contributed by atoms with Crippen LogP contribution in [0, 0.1) is 6.92 Å². The summed E-state index contributed by atoms with van der Waals surface area (Å²) in [6, 6.07) is 3.85. The molecule has 2 aromatic rings. The Morgan fingerprint density at radius 1 is 1.44 bits per heavy atom. The second-order valence-corrected chi connectivity index (χ2v) is 5.83. The molecule has 0 saturated carbocycles. The molecular formula is C10H15N5O2S. The first-order chi connectivity index (χ1) is 8.46. The molecule has 8 heteroatoms. The molecule has 98 valence electrons. The van der Waals surface area contributed by atoms with Crippen molar-refractivity contribution in [2.24, 2.45) is 5.14 Å². The van der Waals surface area contributed by atoms with Gasteiger partial charge in [-0.3, -0.25) is 0 Å². The van der Waals surface area contributed by atoms with Crippen LogP contribution in [0.2, 0.25) is 0 Å². The van der Waals surface area contributed by atoms with Crippen LogP contribution in [0.25, 0.3) is 5.65 Å². The maximum absolute atomic E-state index is 10.8. The number of nitrogens with one attached hydrogen (secondary N) is 1. The van der Waals surface area contributed by atoms with E-state index in [-0.39, 0.29) is 5.75 Å². The maximum Gasteiger partial charge on any atom is 0.209 e. The minimum Gasteiger partial charge on any atom is -0.370 e. The number of nitrogens with zero attached hydrogens (tertiary/aromatic N) is 3. The minimum atomic E-state index is -3.39. The fourth-order valence-corrected chi connectivity index (χ4v) is 2.22. The van der Waals surface area contributed by atoms with Gasteiger partial charge in [0, 0.05) is 6.54 Å². The molecule has 0 aliphatic carbocycles. The number of hydrogen-bond donors (Lipinski definition) is 2. The highest BCUT2D eigenvalue weighted by molar-refractivity contribution is 7.89. The van der Waals surface area contributed by atoms with Gasteiger partial charge >= 0.3 is 0 Å². The van der Waals surface area contributed by atoms with E-state index in [1.54, 1.807) is 4.52 Å². The summed E-state index contributed by atoms with van der Waals surface area (Å²) in [7, 11) is -3.39. The fourth-order valence-electron chi connectivity index (χ4n) is 1.67. The van der Waals surface area contributed by atoms with Crippen LogP contribution in [0.3, 0.4) is 0 Å². The Balaban J connectivity index is 2.05. The third-order valence-electron chi connectivity index (χ3n) is 2.44. The summed E-state index contributed by atoms with van der Waals surface area (Å²) in [5.74, 6) is 0.753. The summed E-state index contributed by atoms with van der Waals surface area (Å²) in [5.41, 5.74) is 1.81. The molecule has 2 aromatic heterocycles. The highest BCUT2D eigenvalue weighted by atomic mass is 32.2. The lowest BCUT2D eigenvalue weighted by atomic mass is 10.3. The van der Waals surface area contributed by atoms with E-state index < -0.39 is 10.0 Å². The maximum atomic E-state index is 10.8. The van der Waals surface area contributed by atoms with Gasteiger partial charge in [0.15, 0.2) is 5.65 Å². The predicted octanol–water partition coefficient (Wildman–Crippen LogP) is 0.128. The molecule has 0 aliphatic rings. The van der Waals surface area contributed by atoms with Crippen LogP contribution < -0.4 is 10.5 Å². The van der Waals surface area contributed by atoms with Crippen molar-refractivity contribution in [1.82, 2.24) is 14.6 Å². The van der Waals surface area contributed by atoms with Crippen molar-refractivity contribution >= 4 is 21.5 Å². The summed E-state index contributed by atoms with van der Waals surface area (Å²) in [4.78, 5) is 4.10. The summed E-state index contributed by atoms with van der Waals surface area (Å²) in [6.07, 6.45) is 1.92. The molecule has 18 heavy (non-hydrogen) atoms. The molecule has 7 nitrogen and oxygen atoms in total. The van der Waals surface area contributed by atoms with Crippen molar-refractivity contribution in [3.05, 3.63) is 24.0 Å². The number of rotatable bonds is 5. The number of fused-ring (bicyclic) bond motifs is 1.